The molecule has 3 nitrogen and oxygen atoms in total. The molecule has 0 bridgehead atoms. The van der Waals surface area contributed by atoms with E-state index in [1.807, 2.05) is 0 Å². The lowest BCUT2D eigenvalue weighted by molar-refractivity contribution is 0.248. The summed E-state index contributed by atoms with van der Waals surface area (Å²) in [7, 11) is 0. The molecule has 4 heteroatoms. The first-order valence-corrected chi connectivity index (χ1v) is 6.02. The van der Waals surface area contributed by atoms with Gasteiger partial charge in [-0.25, -0.2) is 4.98 Å². The maximum atomic E-state index is 5.72. The molecule has 78 valence electrons. The molecule has 0 spiro atoms. The van der Waals surface area contributed by atoms with Gasteiger partial charge in [0.15, 0.2) is 0 Å². The molecule has 0 aliphatic carbocycles. The zero-order valence-electron chi connectivity index (χ0n) is 8.57. The normalized spacial score (nSPS) is 23.1. The Labute approximate surface area is 88.9 Å². The van der Waals surface area contributed by atoms with Gasteiger partial charge < -0.3 is 5.73 Å². The lowest BCUT2D eigenvalue weighted by atomic mass is 10.2. The van der Waals surface area contributed by atoms with Gasteiger partial charge in [-0.1, -0.05) is 0 Å². The summed E-state index contributed by atoms with van der Waals surface area (Å²) >= 11 is 1.73. The van der Waals surface area contributed by atoms with Gasteiger partial charge in [0, 0.05) is 24.5 Å². The highest BCUT2D eigenvalue weighted by molar-refractivity contribution is 7.09. The number of nitrogens with zero attached hydrogens (tertiary/aromatic N) is 2. The molecule has 1 aliphatic heterocycles. The highest BCUT2D eigenvalue weighted by atomic mass is 32.1. The Kier molecular flexibility index (Phi) is 3.15. The van der Waals surface area contributed by atoms with Crippen molar-refractivity contribution in [1.82, 2.24) is 9.88 Å². The first-order valence-electron chi connectivity index (χ1n) is 5.14. The molecule has 1 fully saturated rings. The number of aryl methyl sites for hydroxylation is 1. The Bertz CT molecular complexity index is 297. The van der Waals surface area contributed by atoms with Crippen molar-refractivity contribution in [2.75, 3.05) is 13.1 Å². The van der Waals surface area contributed by atoms with Gasteiger partial charge in [-0.15, -0.1) is 11.3 Å². The van der Waals surface area contributed by atoms with Gasteiger partial charge in [-0.2, -0.15) is 0 Å². The summed E-state index contributed by atoms with van der Waals surface area (Å²) in [6.45, 7) is 4.99. The van der Waals surface area contributed by atoms with Crippen LogP contribution in [0.2, 0.25) is 0 Å². The molecule has 0 aromatic carbocycles. The Hall–Kier alpha value is -0.450. The molecule has 1 saturated heterocycles. The summed E-state index contributed by atoms with van der Waals surface area (Å²) in [5, 5.41) is 3.31. The fourth-order valence-corrected chi connectivity index (χ4v) is 2.66. The van der Waals surface area contributed by atoms with Crippen LogP contribution in [0.4, 0.5) is 0 Å². The number of hydrogen-bond acceptors (Lipinski definition) is 4. The zero-order chi connectivity index (χ0) is 9.97. The first kappa shape index (κ1) is 10.1. The smallest absolute Gasteiger partial charge is 0.0897 e. The lowest BCUT2D eigenvalue weighted by Gasteiger charge is -2.21. The molecule has 1 unspecified atom stereocenters. The second-order valence-corrected chi connectivity index (χ2v) is 4.92. The highest BCUT2D eigenvalue weighted by Crippen LogP contribution is 2.19. The van der Waals surface area contributed by atoms with E-state index in [2.05, 4.69) is 22.2 Å². The van der Waals surface area contributed by atoms with Crippen molar-refractivity contribution in [3.8, 4) is 0 Å². The first-order chi connectivity index (χ1) is 6.79. The van der Waals surface area contributed by atoms with Crippen LogP contribution >= 0.6 is 11.3 Å². The largest absolute Gasteiger partial charge is 0.329 e. The third-order valence-corrected chi connectivity index (χ3v) is 3.63. The Balaban J connectivity index is 1.96. The molecule has 1 aromatic heterocycles. The number of aromatic nitrogens is 1. The van der Waals surface area contributed by atoms with Crippen LogP contribution in [0.5, 0.6) is 0 Å². The average Bonchev–Trinajstić information content (AvgIpc) is 2.76. The van der Waals surface area contributed by atoms with E-state index in [1.54, 1.807) is 11.3 Å². The number of likely N-dealkylation sites (tertiary alicyclic amines) is 1. The fraction of sp³-hybridized carbons (Fsp3) is 0.700. The molecule has 1 aliphatic rings. The predicted octanol–water partition coefficient (Wildman–Crippen LogP) is 1.37. The van der Waals surface area contributed by atoms with E-state index >= 15 is 0 Å². The SMILES string of the molecule is Cc1nc(CN2CCCC2CN)cs1. The Morgan fingerprint density at radius 2 is 2.57 bits per heavy atom. The second-order valence-electron chi connectivity index (χ2n) is 3.86. The molecule has 0 radical (unpaired) electrons. The van der Waals surface area contributed by atoms with Crippen molar-refractivity contribution >= 4 is 11.3 Å². The van der Waals surface area contributed by atoms with Crippen LogP contribution in [0.25, 0.3) is 0 Å². The Morgan fingerprint density at radius 1 is 1.71 bits per heavy atom. The zero-order valence-corrected chi connectivity index (χ0v) is 9.39. The third-order valence-electron chi connectivity index (χ3n) is 2.80. The summed E-state index contributed by atoms with van der Waals surface area (Å²) in [5.41, 5.74) is 6.93. The summed E-state index contributed by atoms with van der Waals surface area (Å²) in [5.74, 6) is 0. The standard InChI is InChI=1S/C10H17N3S/c1-8-12-9(7-14-8)6-13-4-2-3-10(13)5-11/h7,10H,2-6,11H2,1H3. The molecule has 1 aromatic rings. The molecule has 0 saturated carbocycles. The van der Waals surface area contributed by atoms with E-state index in [4.69, 9.17) is 5.73 Å². The van der Waals surface area contributed by atoms with E-state index in [1.165, 1.54) is 25.1 Å². The van der Waals surface area contributed by atoms with Crippen molar-refractivity contribution in [2.45, 2.75) is 32.4 Å². The minimum absolute atomic E-state index is 0.581. The lowest BCUT2D eigenvalue weighted by Crippen LogP contribution is -2.34. The van der Waals surface area contributed by atoms with Crippen molar-refractivity contribution in [3.63, 3.8) is 0 Å². The van der Waals surface area contributed by atoms with Gasteiger partial charge in [0.25, 0.3) is 0 Å². The summed E-state index contributed by atoms with van der Waals surface area (Å²) in [4.78, 5) is 6.93. The number of nitrogens with two attached hydrogens (primary N) is 1. The van der Waals surface area contributed by atoms with Crippen LogP contribution in [0, 0.1) is 6.92 Å². The summed E-state index contributed by atoms with van der Waals surface area (Å²) in [6, 6.07) is 0.581. The molecule has 2 rings (SSSR count). The maximum Gasteiger partial charge on any atom is 0.0897 e. The van der Waals surface area contributed by atoms with Gasteiger partial charge in [-0.3, -0.25) is 4.90 Å². The van der Waals surface area contributed by atoms with Crippen molar-refractivity contribution in [3.05, 3.63) is 16.1 Å². The van der Waals surface area contributed by atoms with Crippen LogP contribution < -0.4 is 5.73 Å². The number of thiazole rings is 1. The van der Waals surface area contributed by atoms with Gasteiger partial charge in [0.05, 0.1) is 10.7 Å². The van der Waals surface area contributed by atoms with Crippen LogP contribution in [-0.2, 0) is 6.54 Å². The highest BCUT2D eigenvalue weighted by Gasteiger charge is 2.23. The minimum atomic E-state index is 0.581. The minimum Gasteiger partial charge on any atom is -0.329 e. The fourth-order valence-electron chi connectivity index (χ4n) is 2.06. The topological polar surface area (TPSA) is 42.2 Å². The summed E-state index contributed by atoms with van der Waals surface area (Å²) < 4.78 is 0. The maximum absolute atomic E-state index is 5.72. The van der Waals surface area contributed by atoms with Crippen LogP contribution in [0.1, 0.15) is 23.5 Å². The molecule has 2 heterocycles. The molecule has 14 heavy (non-hydrogen) atoms. The number of rotatable bonds is 3. The third kappa shape index (κ3) is 2.13. The molecule has 2 N–H and O–H groups in total. The van der Waals surface area contributed by atoms with Gasteiger partial charge in [0.1, 0.15) is 0 Å². The predicted molar refractivity (Wildman–Crippen MR) is 59.3 cm³/mol. The molecular formula is C10H17N3S. The van der Waals surface area contributed by atoms with E-state index in [0.717, 1.165) is 18.1 Å². The molecule has 0 amide bonds. The summed E-state index contributed by atoms with van der Waals surface area (Å²) in [6.07, 6.45) is 2.53. The van der Waals surface area contributed by atoms with Crippen molar-refractivity contribution < 1.29 is 0 Å². The van der Waals surface area contributed by atoms with Crippen molar-refractivity contribution in [1.29, 1.82) is 0 Å². The van der Waals surface area contributed by atoms with E-state index in [9.17, 15) is 0 Å². The van der Waals surface area contributed by atoms with Crippen LogP contribution in [0.15, 0.2) is 5.38 Å². The van der Waals surface area contributed by atoms with E-state index in [-0.39, 0.29) is 0 Å². The van der Waals surface area contributed by atoms with Gasteiger partial charge in [0.2, 0.25) is 0 Å². The Morgan fingerprint density at radius 3 is 3.21 bits per heavy atom. The van der Waals surface area contributed by atoms with Gasteiger partial charge >= 0.3 is 0 Å². The van der Waals surface area contributed by atoms with Gasteiger partial charge in [-0.05, 0) is 26.3 Å². The molecular weight excluding hydrogens is 194 g/mol. The number of hydrogen-bond donors (Lipinski definition) is 1. The van der Waals surface area contributed by atoms with E-state index < -0.39 is 0 Å². The van der Waals surface area contributed by atoms with Crippen LogP contribution in [-0.4, -0.2) is 29.0 Å². The van der Waals surface area contributed by atoms with Crippen LogP contribution in [0.3, 0.4) is 0 Å². The van der Waals surface area contributed by atoms with Crippen molar-refractivity contribution in [2.24, 2.45) is 5.73 Å². The monoisotopic (exact) mass is 211 g/mol. The molecule has 1 atom stereocenters. The average molecular weight is 211 g/mol. The second kappa shape index (κ2) is 4.38. The quantitative estimate of drug-likeness (QED) is 0.821. The van der Waals surface area contributed by atoms with E-state index in [0.29, 0.717) is 6.04 Å².